The van der Waals surface area contributed by atoms with Gasteiger partial charge in [0.2, 0.25) is 0 Å². The van der Waals surface area contributed by atoms with Crippen LogP contribution in [0.1, 0.15) is 36.1 Å². The van der Waals surface area contributed by atoms with Crippen molar-refractivity contribution >= 4 is 11.4 Å². The first kappa shape index (κ1) is 30.6. The molecule has 7 rings (SSSR count). The van der Waals surface area contributed by atoms with Crippen molar-refractivity contribution in [1.82, 2.24) is 0 Å². The quantitative estimate of drug-likeness (QED) is 0.162. The molecule has 4 bridgehead atoms. The molecular formula is C42H36N2Pt+2. The summed E-state index contributed by atoms with van der Waals surface area (Å²) in [5.74, 6) is 0. The number of fused-ring (bicyclic) bond motifs is 8. The summed E-state index contributed by atoms with van der Waals surface area (Å²) in [6.45, 7) is 4.62. The molecule has 2 atom stereocenters. The number of rotatable bonds is 2. The minimum absolute atomic E-state index is 0. The van der Waals surface area contributed by atoms with Crippen molar-refractivity contribution in [3.63, 3.8) is 0 Å². The van der Waals surface area contributed by atoms with E-state index < -0.39 is 11.1 Å². The molecule has 2 nitrogen and oxygen atoms in total. The number of hydrogen-bond acceptors (Lipinski definition) is 2. The molecule has 0 N–H and O–H groups in total. The smallest absolute Gasteiger partial charge is 0.370 e. The Morgan fingerprint density at radius 1 is 0.422 bits per heavy atom. The van der Waals surface area contributed by atoms with Crippen LogP contribution in [0, 0.1) is 12.1 Å². The van der Waals surface area contributed by atoms with Gasteiger partial charge in [-0.25, -0.2) is 0 Å². The van der Waals surface area contributed by atoms with Gasteiger partial charge in [-0.3, -0.25) is 0 Å². The zero-order chi connectivity index (χ0) is 30.3. The van der Waals surface area contributed by atoms with Crippen molar-refractivity contribution in [2.24, 2.45) is 0 Å². The minimum Gasteiger partial charge on any atom is -0.370 e. The number of para-hydroxylation sites is 2. The van der Waals surface area contributed by atoms with Gasteiger partial charge in [0.1, 0.15) is 0 Å². The maximum absolute atomic E-state index is 3.92. The third-order valence-corrected chi connectivity index (χ3v) is 9.76. The Balaban J connectivity index is 0.00000357. The van der Waals surface area contributed by atoms with Gasteiger partial charge in [0.15, 0.2) is 0 Å². The van der Waals surface area contributed by atoms with Gasteiger partial charge in [-0.05, 0) is 37.1 Å². The summed E-state index contributed by atoms with van der Waals surface area (Å²) in [6.07, 6.45) is 0. The first-order chi connectivity index (χ1) is 21.4. The van der Waals surface area contributed by atoms with Gasteiger partial charge in [-0.2, -0.15) is 0 Å². The fourth-order valence-corrected chi connectivity index (χ4v) is 6.87. The molecule has 0 aromatic heterocycles. The van der Waals surface area contributed by atoms with Crippen LogP contribution in [0.4, 0.5) is 11.4 Å². The zero-order valence-electron chi connectivity index (χ0n) is 26.1. The van der Waals surface area contributed by atoms with E-state index in [2.05, 4.69) is 195 Å². The molecule has 0 amide bonds. The molecule has 0 saturated carbocycles. The Hall–Kier alpha value is -4.39. The van der Waals surface area contributed by atoms with Crippen LogP contribution in [0.3, 0.4) is 0 Å². The molecule has 6 aromatic carbocycles. The van der Waals surface area contributed by atoms with Crippen molar-refractivity contribution in [2.75, 3.05) is 23.9 Å². The molecule has 45 heavy (non-hydrogen) atoms. The Bertz CT molecular complexity index is 1790. The van der Waals surface area contributed by atoms with E-state index in [0.29, 0.717) is 0 Å². The fraction of sp³-hybridized carbons (Fsp3) is 0.143. The Morgan fingerprint density at radius 2 is 0.778 bits per heavy atom. The van der Waals surface area contributed by atoms with E-state index in [9.17, 15) is 0 Å². The molecule has 0 aliphatic carbocycles. The van der Waals surface area contributed by atoms with E-state index in [0.717, 1.165) is 44.8 Å². The van der Waals surface area contributed by atoms with Crippen molar-refractivity contribution in [2.45, 2.75) is 24.9 Å². The van der Waals surface area contributed by atoms with Crippen molar-refractivity contribution in [3.8, 4) is 22.3 Å². The molecule has 1 heterocycles. The fourth-order valence-electron chi connectivity index (χ4n) is 6.87. The van der Waals surface area contributed by atoms with E-state index in [1.54, 1.807) is 0 Å². The molecule has 0 fully saturated rings. The number of anilines is 2. The van der Waals surface area contributed by atoms with E-state index in [-0.39, 0.29) is 21.1 Å². The average Bonchev–Trinajstić information content (AvgIpc) is 3.10. The largest absolute Gasteiger partial charge is 4.00 e. The van der Waals surface area contributed by atoms with Crippen LogP contribution in [0.5, 0.6) is 0 Å². The Morgan fingerprint density at radius 3 is 1.18 bits per heavy atom. The predicted octanol–water partition coefficient (Wildman–Crippen LogP) is 9.73. The summed E-state index contributed by atoms with van der Waals surface area (Å²) in [4.78, 5) is 4.82. The van der Waals surface area contributed by atoms with Crippen LogP contribution >= 0.6 is 0 Å². The van der Waals surface area contributed by atoms with Gasteiger partial charge < -0.3 is 9.80 Å². The monoisotopic (exact) mass is 763 g/mol. The predicted molar refractivity (Wildman–Crippen MR) is 184 cm³/mol. The molecule has 0 radical (unpaired) electrons. The summed E-state index contributed by atoms with van der Waals surface area (Å²) in [6, 6.07) is 60.0. The van der Waals surface area contributed by atoms with Crippen LogP contribution in [0.15, 0.2) is 146 Å². The minimum atomic E-state index is -0.505. The standard InChI is InChI=1S/C42H36N2.Pt/c1-41(33-19-7-5-8-20-33)35-23-15-17-31(29-35)38-26-12-14-28-40(38)44(4)42(2,34-21-9-6-10-22-34)36-24-16-18-32(30-36)37-25-11-13-27-39(37)43(41)3;/h5-28H,1-4H3;/q-2;+4. The van der Waals surface area contributed by atoms with Crippen LogP contribution < -0.4 is 9.80 Å². The van der Waals surface area contributed by atoms with Crippen LogP contribution in [-0.2, 0) is 32.1 Å². The van der Waals surface area contributed by atoms with Crippen molar-refractivity contribution in [3.05, 3.63) is 180 Å². The summed E-state index contributed by atoms with van der Waals surface area (Å²) >= 11 is 0. The molecule has 2 unspecified atom stereocenters. The molecule has 222 valence electrons. The Labute approximate surface area is 282 Å². The van der Waals surface area contributed by atoms with E-state index in [1.807, 2.05) is 0 Å². The maximum atomic E-state index is 3.92. The van der Waals surface area contributed by atoms with Gasteiger partial charge in [0.25, 0.3) is 0 Å². The topological polar surface area (TPSA) is 6.48 Å². The summed E-state index contributed by atoms with van der Waals surface area (Å²) < 4.78 is 0. The van der Waals surface area contributed by atoms with E-state index in [1.165, 1.54) is 11.1 Å². The second-order valence-electron chi connectivity index (χ2n) is 12.0. The summed E-state index contributed by atoms with van der Waals surface area (Å²) in [5, 5.41) is 0. The first-order valence-electron chi connectivity index (χ1n) is 15.3. The number of nitrogens with zero attached hydrogens (tertiary/aromatic N) is 2. The van der Waals surface area contributed by atoms with Crippen molar-refractivity contribution in [1.29, 1.82) is 0 Å². The van der Waals surface area contributed by atoms with Gasteiger partial charge in [-0.15, -0.1) is 70.8 Å². The van der Waals surface area contributed by atoms with Crippen LogP contribution in [0.25, 0.3) is 22.3 Å². The van der Waals surface area contributed by atoms with E-state index in [4.69, 9.17) is 0 Å². The SMILES string of the molecule is CN1c2ccccc2-c2[c-]c(ccc2)C(C)(c2ccccc2)N(C)c2ccccc2-c2[c-]c(ccc2)C1(C)c1ccccc1.[Pt+4]. The molecule has 3 heteroatoms. The summed E-state index contributed by atoms with van der Waals surface area (Å²) in [7, 11) is 4.41. The molecule has 1 aliphatic rings. The molecule has 0 saturated heterocycles. The molecule has 0 spiro atoms. The molecule has 6 aromatic rings. The Kier molecular flexibility index (Phi) is 8.29. The second kappa shape index (κ2) is 12.2. The van der Waals surface area contributed by atoms with Crippen molar-refractivity contribution < 1.29 is 21.1 Å². The number of hydrogen-bond donors (Lipinski definition) is 0. The molecule has 1 aliphatic heterocycles. The van der Waals surface area contributed by atoms with Crippen LogP contribution in [-0.4, -0.2) is 14.1 Å². The maximum Gasteiger partial charge on any atom is 4.00 e. The third kappa shape index (κ3) is 5.02. The van der Waals surface area contributed by atoms with E-state index >= 15 is 0 Å². The average molecular weight is 764 g/mol. The second-order valence-corrected chi connectivity index (χ2v) is 12.0. The van der Waals surface area contributed by atoms with Gasteiger partial charge in [0, 0.05) is 25.5 Å². The normalized spacial score (nSPS) is 19.0. The zero-order valence-corrected chi connectivity index (χ0v) is 28.3. The van der Waals surface area contributed by atoms with Crippen LogP contribution in [0.2, 0.25) is 0 Å². The molecular weight excluding hydrogens is 728 g/mol. The summed E-state index contributed by atoms with van der Waals surface area (Å²) in [5.41, 5.74) is 10.3. The third-order valence-electron chi connectivity index (χ3n) is 9.76. The van der Waals surface area contributed by atoms with Gasteiger partial charge in [0.05, 0.1) is 11.1 Å². The number of benzene rings is 6. The van der Waals surface area contributed by atoms with Gasteiger partial charge in [-0.1, -0.05) is 108 Å². The van der Waals surface area contributed by atoms with Gasteiger partial charge >= 0.3 is 21.1 Å². The first-order valence-corrected chi connectivity index (χ1v) is 15.3.